The third kappa shape index (κ3) is 5.26. The minimum atomic E-state index is -3.74. The van der Waals surface area contributed by atoms with Gasteiger partial charge in [-0.1, -0.05) is 18.5 Å². The lowest BCUT2D eigenvalue weighted by atomic mass is 10.0. The summed E-state index contributed by atoms with van der Waals surface area (Å²) in [6.07, 6.45) is 1.63. The summed E-state index contributed by atoms with van der Waals surface area (Å²) in [4.78, 5) is 17.2. The van der Waals surface area contributed by atoms with Crippen molar-refractivity contribution < 1.29 is 27.1 Å². The monoisotopic (exact) mass is 496 g/mol. The number of fused-ring (bicyclic) bond motifs is 1. The number of H-pyrrole nitrogens is 1. The Hall–Kier alpha value is -2.76. The Morgan fingerprint density at radius 1 is 1.39 bits per heavy atom. The third-order valence-electron chi connectivity index (χ3n) is 5.07. The molecule has 1 saturated heterocycles. The van der Waals surface area contributed by atoms with Crippen LogP contribution in [0.4, 0.5) is 10.1 Å². The van der Waals surface area contributed by atoms with E-state index in [0.29, 0.717) is 54.6 Å². The summed E-state index contributed by atoms with van der Waals surface area (Å²) in [7, 11) is -3.74. The van der Waals surface area contributed by atoms with E-state index in [1.165, 1.54) is 18.3 Å². The first-order valence-electron chi connectivity index (χ1n) is 10.3. The van der Waals surface area contributed by atoms with E-state index < -0.39 is 21.6 Å². The highest BCUT2D eigenvalue weighted by molar-refractivity contribution is 7.92. The van der Waals surface area contributed by atoms with Crippen LogP contribution in [0.15, 0.2) is 24.4 Å². The molecule has 0 unspecified atom stereocenters. The lowest BCUT2D eigenvalue weighted by Gasteiger charge is -2.25. The number of Topliss-reactive ketones (excluding diaryl/α,β-unsaturated/α-hetero) is 1. The summed E-state index contributed by atoms with van der Waals surface area (Å²) in [5, 5.41) is 7.36. The van der Waals surface area contributed by atoms with Gasteiger partial charge in [0.05, 0.1) is 47.2 Å². The van der Waals surface area contributed by atoms with Gasteiger partial charge in [-0.25, -0.2) is 17.8 Å². The van der Waals surface area contributed by atoms with Crippen LogP contribution in [0.1, 0.15) is 29.3 Å². The van der Waals surface area contributed by atoms with Gasteiger partial charge >= 0.3 is 0 Å². The second-order valence-corrected chi connectivity index (χ2v) is 10.0. The lowest BCUT2D eigenvalue weighted by Crippen LogP contribution is -2.32. The van der Waals surface area contributed by atoms with Crippen molar-refractivity contribution in [1.29, 1.82) is 0 Å². The van der Waals surface area contributed by atoms with Crippen LogP contribution in [-0.2, 0) is 21.2 Å². The Balaban J connectivity index is 1.55. The number of halogens is 2. The number of pyridine rings is 1. The predicted molar refractivity (Wildman–Crippen MR) is 121 cm³/mol. The normalized spacial score (nSPS) is 14.3. The first-order valence-corrected chi connectivity index (χ1v) is 12.4. The molecule has 1 aliphatic rings. The number of nitrogens with one attached hydrogen (secondary N) is 2. The van der Waals surface area contributed by atoms with Crippen molar-refractivity contribution in [3.63, 3.8) is 0 Å². The highest BCUT2D eigenvalue weighted by atomic mass is 35.5. The van der Waals surface area contributed by atoms with Gasteiger partial charge in [0.2, 0.25) is 15.9 Å². The van der Waals surface area contributed by atoms with E-state index in [2.05, 4.69) is 19.9 Å². The van der Waals surface area contributed by atoms with Gasteiger partial charge in [0.15, 0.2) is 17.2 Å². The van der Waals surface area contributed by atoms with Gasteiger partial charge in [0.1, 0.15) is 0 Å². The summed E-state index contributed by atoms with van der Waals surface area (Å²) in [6.45, 7) is 3.42. The largest absolute Gasteiger partial charge is 0.476 e. The number of aromatic nitrogens is 3. The molecule has 3 aromatic rings. The van der Waals surface area contributed by atoms with Gasteiger partial charge in [-0.2, -0.15) is 0 Å². The van der Waals surface area contributed by atoms with Gasteiger partial charge in [-0.05, 0) is 30.2 Å². The zero-order valence-electron chi connectivity index (χ0n) is 17.7. The molecule has 0 bridgehead atoms. The smallest absolute Gasteiger partial charge is 0.242 e. The van der Waals surface area contributed by atoms with E-state index in [1.807, 2.05) is 0 Å². The molecule has 0 radical (unpaired) electrons. The molecule has 2 aromatic heterocycles. The zero-order chi connectivity index (χ0) is 23.6. The first kappa shape index (κ1) is 23.4. The Morgan fingerprint density at radius 3 is 2.88 bits per heavy atom. The van der Waals surface area contributed by atoms with Gasteiger partial charge in [0, 0.05) is 18.5 Å². The van der Waals surface area contributed by atoms with Gasteiger partial charge in [-0.15, -0.1) is 5.10 Å². The minimum absolute atomic E-state index is 0.111. The Morgan fingerprint density at radius 2 is 2.18 bits per heavy atom. The molecule has 1 aliphatic heterocycles. The molecule has 12 heteroatoms. The molecule has 1 aromatic carbocycles. The maximum Gasteiger partial charge on any atom is 0.242 e. The predicted octanol–water partition coefficient (Wildman–Crippen LogP) is 3.35. The standard InChI is InChI=1S/C21H22ClFN4O5S/c1-2-5-33(29,30)27-16-4-3-15(22)18(19(16)23)17(28)7-12-6-14-20(24-8-12)25-26-21(14)32-11-13-9-31-10-13/h3-4,6,8,13,27H,2,5,7,9-11H2,1H3,(H,24,25,26). The molecular weight excluding hydrogens is 475 g/mol. The molecular formula is C21H22ClFN4O5S. The van der Waals surface area contributed by atoms with Crippen molar-refractivity contribution >= 4 is 44.1 Å². The number of aromatic amines is 1. The number of rotatable bonds is 10. The topological polar surface area (TPSA) is 123 Å². The quantitative estimate of drug-likeness (QED) is 0.412. The number of ketones is 1. The number of anilines is 1. The van der Waals surface area contributed by atoms with E-state index >= 15 is 4.39 Å². The van der Waals surface area contributed by atoms with Crippen LogP contribution in [0.25, 0.3) is 11.0 Å². The number of hydrogen-bond acceptors (Lipinski definition) is 7. The van der Waals surface area contributed by atoms with Crippen molar-refractivity contribution in [3.05, 3.63) is 46.4 Å². The van der Waals surface area contributed by atoms with Gasteiger partial charge in [-0.3, -0.25) is 14.6 Å². The number of benzene rings is 1. The average Bonchev–Trinajstić information content (AvgIpc) is 3.11. The molecule has 2 N–H and O–H groups in total. The molecule has 9 nitrogen and oxygen atoms in total. The number of sulfonamides is 1. The Bertz CT molecular complexity index is 1290. The SMILES string of the molecule is CCCS(=O)(=O)Nc1ccc(Cl)c(C(=O)Cc2cnc3[nH]nc(OCC4COC4)c3c2)c1F. The van der Waals surface area contributed by atoms with Crippen LogP contribution in [-0.4, -0.2) is 55.0 Å². The van der Waals surface area contributed by atoms with Crippen LogP contribution in [0.5, 0.6) is 5.88 Å². The van der Waals surface area contributed by atoms with Crippen LogP contribution in [0.3, 0.4) is 0 Å². The highest BCUT2D eigenvalue weighted by Crippen LogP contribution is 2.29. The van der Waals surface area contributed by atoms with Crippen LogP contribution < -0.4 is 9.46 Å². The molecule has 0 spiro atoms. The summed E-state index contributed by atoms with van der Waals surface area (Å²) in [5.41, 5.74) is 0.276. The molecule has 0 amide bonds. The van der Waals surface area contributed by atoms with Crippen LogP contribution >= 0.6 is 11.6 Å². The summed E-state index contributed by atoms with van der Waals surface area (Å²) in [5.74, 6) is -1.15. The number of carbonyl (C=O) groups excluding carboxylic acids is 1. The van der Waals surface area contributed by atoms with Crippen LogP contribution in [0, 0.1) is 11.7 Å². The van der Waals surface area contributed by atoms with Crippen molar-refractivity contribution in [1.82, 2.24) is 15.2 Å². The zero-order valence-corrected chi connectivity index (χ0v) is 19.3. The second kappa shape index (κ2) is 9.62. The lowest BCUT2D eigenvalue weighted by molar-refractivity contribution is -0.0512. The number of carbonyl (C=O) groups is 1. The van der Waals surface area contributed by atoms with E-state index in [1.54, 1.807) is 13.0 Å². The van der Waals surface area contributed by atoms with E-state index in [9.17, 15) is 13.2 Å². The Kier molecular flexibility index (Phi) is 6.82. The van der Waals surface area contributed by atoms with Crippen molar-refractivity contribution in [2.45, 2.75) is 19.8 Å². The van der Waals surface area contributed by atoms with E-state index in [0.717, 1.165) is 0 Å². The van der Waals surface area contributed by atoms with Gasteiger partial charge < -0.3 is 9.47 Å². The molecule has 0 atom stereocenters. The molecule has 33 heavy (non-hydrogen) atoms. The van der Waals surface area contributed by atoms with Crippen LogP contribution in [0.2, 0.25) is 5.02 Å². The number of hydrogen-bond donors (Lipinski definition) is 2. The maximum atomic E-state index is 15.0. The van der Waals surface area contributed by atoms with Crippen molar-refractivity contribution in [3.8, 4) is 5.88 Å². The summed E-state index contributed by atoms with van der Waals surface area (Å²) < 4.78 is 52.1. The summed E-state index contributed by atoms with van der Waals surface area (Å²) >= 11 is 6.09. The van der Waals surface area contributed by atoms with Crippen molar-refractivity contribution in [2.75, 3.05) is 30.3 Å². The fourth-order valence-electron chi connectivity index (χ4n) is 3.36. The maximum absolute atomic E-state index is 15.0. The van der Waals surface area contributed by atoms with E-state index in [-0.39, 0.29) is 28.4 Å². The average molecular weight is 497 g/mol. The first-order chi connectivity index (χ1) is 15.8. The third-order valence-corrected chi connectivity index (χ3v) is 6.87. The molecule has 3 heterocycles. The highest BCUT2D eigenvalue weighted by Gasteiger charge is 2.23. The fourth-order valence-corrected chi connectivity index (χ4v) is 4.74. The molecule has 176 valence electrons. The van der Waals surface area contributed by atoms with Gasteiger partial charge in [0.25, 0.3) is 0 Å². The number of nitrogens with zero attached hydrogens (tertiary/aromatic N) is 2. The second-order valence-electron chi connectivity index (χ2n) is 7.79. The van der Waals surface area contributed by atoms with Crippen molar-refractivity contribution in [2.24, 2.45) is 5.92 Å². The molecule has 4 rings (SSSR count). The Labute approximate surface area is 194 Å². The molecule has 1 fully saturated rings. The molecule has 0 saturated carbocycles. The van der Waals surface area contributed by atoms with E-state index in [4.69, 9.17) is 21.1 Å². The molecule has 0 aliphatic carbocycles. The summed E-state index contributed by atoms with van der Waals surface area (Å²) in [6, 6.07) is 4.17. The number of ether oxygens (including phenoxy) is 2. The fraction of sp³-hybridized carbons (Fsp3) is 0.381. The minimum Gasteiger partial charge on any atom is -0.476 e.